The molecular weight excluding hydrogens is 506 g/mol. The number of ether oxygens (including phenoxy) is 3. The van der Waals surface area contributed by atoms with Gasteiger partial charge in [-0.05, 0) is 76.1 Å². The number of rotatable bonds is 7. The van der Waals surface area contributed by atoms with Gasteiger partial charge < -0.3 is 39.3 Å². The van der Waals surface area contributed by atoms with E-state index in [-0.39, 0.29) is 39.9 Å². The molecule has 4 rings (SSSR count). The first-order valence-corrected chi connectivity index (χ1v) is 12.3. The van der Waals surface area contributed by atoms with Crippen molar-refractivity contribution in [2.45, 2.75) is 52.6 Å². The Labute approximate surface area is 224 Å². The van der Waals surface area contributed by atoms with E-state index in [2.05, 4.69) is 5.32 Å². The molecule has 2 heterocycles. The number of aromatic hydroxyl groups is 1. The Morgan fingerprint density at radius 1 is 1.13 bits per heavy atom. The summed E-state index contributed by atoms with van der Waals surface area (Å²) in [5.41, 5.74) is 1.79. The molecule has 4 N–H and O–H groups in total. The van der Waals surface area contributed by atoms with Crippen molar-refractivity contribution < 1.29 is 38.7 Å². The van der Waals surface area contributed by atoms with Crippen LogP contribution in [0.4, 0.5) is 5.69 Å². The quantitative estimate of drug-likeness (QED) is 0.260. The summed E-state index contributed by atoms with van der Waals surface area (Å²) in [4.78, 5) is 25.7. The van der Waals surface area contributed by atoms with Gasteiger partial charge >= 0.3 is 5.63 Å². The topological polar surface area (TPSA) is 148 Å². The van der Waals surface area contributed by atoms with Crippen molar-refractivity contribution in [3.05, 3.63) is 86.7 Å². The predicted molar refractivity (Wildman–Crippen MR) is 144 cm³/mol. The molecule has 0 fully saturated rings. The minimum absolute atomic E-state index is 0.0542. The van der Waals surface area contributed by atoms with Crippen LogP contribution in [0.1, 0.15) is 42.3 Å². The first-order valence-electron chi connectivity index (χ1n) is 12.3. The summed E-state index contributed by atoms with van der Waals surface area (Å²) in [6.07, 6.45) is -1.59. The number of benzene rings is 2. The molecule has 0 spiro atoms. The summed E-state index contributed by atoms with van der Waals surface area (Å²) >= 11 is 0. The van der Waals surface area contributed by atoms with Gasteiger partial charge in [0.15, 0.2) is 11.9 Å². The molecule has 0 saturated carbocycles. The van der Waals surface area contributed by atoms with Crippen LogP contribution < -0.4 is 15.7 Å². The van der Waals surface area contributed by atoms with Crippen LogP contribution in [0.3, 0.4) is 0 Å². The van der Waals surface area contributed by atoms with Gasteiger partial charge in [-0.1, -0.05) is 11.6 Å². The van der Waals surface area contributed by atoms with E-state index >= 15 is 0 Å². The van der Waals surface area contributed by atoms with Crippen molar-refractivity contribution in [3.8, 4) is 11.5 Å². The number of fused-ring (bicyclic) bond motifs is 1. The lowest BCUT2D eigenvalue weighted by Crippen LogP contribution is -2.47. The molecule has 0 saturated heterocycles. The van der Waals surface area contributed by atoms with E-state index in [1.54, 1.807) is 32.0 Å². The van der Waals surface area contributed by atoms with Gasteiger partial charge in [0.2, 0.25) is 0 Å². The normalized spacial score (nSPS) is 18.9. The maximum Gasteiger partial charge on any atom is 0.360 e. The summed E-state index contributed by atoms with van der Waals surface area (Å²) in [6.45, 7) is 7.12. The molecule has 1 aliphatic rings. The van der Waals surface area contributed by atoms with E-state index in [4.69, 9.17) is 18.6 Å². The summed E-state index contributed by atoms with van der Waals surface area (Å²) in [6, 6.07) is 9.21. The second-order valence-corrected chi connectivity index (χ2v) is 9.50. The molecule has 10 heteroatoms. The highest BCUT2D eigenvalue weighted by Gasteiger charge is 2.39. The summed E-state index contributed by atoms with van der Waals surface area (Å²) < 4.78 is 22.0. The van der Waals surface area contributed by atoms with Crippen LogP contribution in [-0.2, 0) is 15.9 Å². The van der Waals surface area contributed by atoms with Crippen LogP contribution >= 0.6 is 0 Å². The van der Waals surface area contributed by atoms with Crippen molar-refractivity contribution >= 4 is 22.6 Å². The highest BCUT2D eigenvalue weighted by Crippen LogP contribution is 2.32. The van der Waals surface area contributed by atoms with E-state index in [0.717, 1.165) is 5.57 Å². The van der Waals surface area contributed by atoms with E-state index < -0.39 is 30.0 Å². The van der Waals surface area contributed by atoms with E-state index in [9.17, 15) is 24.9 Å². The monoisotopic (exact) mass is 537 g/mol. The minimum Gasteiger partial charge on any atom is -0.508 e. The molecule has 1 amide bonds. The zero-order valence-corrected chi connectivity index (χ0v) is 22.3. The predicted octanol–water partition coefficient (Wildman–Crippen LogP) is 3.90. The molecule has 3 atom stereocenters. The standard InChI is InChI=1S/C29H31NO9/c1-14(2)6-7-17-12-19(8-10-21(17)31)27(34)30-20-13-18-9-11-22(15(3)25(18)39-28(20)35)38-29-24(33)23(32)26(36-5)16(4)37-29/h6,8-13,23-24,29,31-33H,7H2,1-5H3,(H,30,34). The molecule has 206 valence electrons. The van der Waals surface area contributed by atoms with E-state index in [1.807, 2.05) is 19.9 Å². The number of nitrogens with one attached hydrogen (secondary N) is 1. The van der Waals surface area contributed by atoms with Crippen LogP contribution in [-0.4, -0.2) is 46.8 Å². The molecule has 1 aromatic heterocycles. The van der Waals surface area contributed by atoms with Gasteiger partial charge in [-0.3, -0.25) is 4.79 Å². The van der Waals surface area contributed by atoms with Crippen LogP contribution in [0, 0.1) is 6.92 Å². The largest absolute Gasteiger partial charge is 0.508 e. The lowest BCUT2D eigenvalue weighted by atomic mass is 10.0. The van der Waals surface area contributed by atoms with Gasteiger partial charge in [0, 0.05) is 16.5 Å². The highest BCUT2D eigenvalue weighted by atomic mass is 16.7. The third-order valence-electron chi connectivity index (χ3n) is 6.40. The molecular formula is C29H31NO9. The number of aliphatic hydroxyl groups excluding tert-OH is 2. The smallest absolute Gasteiger partial charge is 0.360 e. The Balaban J connectivity index is 1.57. The fourth-order valence-corrected chi connectivity index (χ4v) is 4.22. The molecule has 10 nitrogen and oxygen atoms in total. The summed E-state index contributed by atoms with van der Waals surface area (Å²) in [5.74, 6) is 0.185. The van der Waals surface area contributed by atoms with Gasteiger partial charge in [-0.15, -0.1) is 0 Å². The maximum atomic E-state index is 12.9. The molecule has 0 aliphatic carbocycles. The van der Waals surface area contributed by atoms with Gasteiger partial charge in [-0.2, -0.15) is 0 Å². The van der Waals surface area contributed by atoms with Crippen molar-refractivity contribution in [2.24, 2.45) is 0 Å². The van der Waals surface area contributed by atoms with Crippen molar-refractivity contribution in [1.82, 2.24) is 0 Å². The fraction of sp³-hybridized carbons (Fsp3) is 0.310. The third kappa shape index (κ3) is 5.76. The number of phenolic OH excluding ortho intramolecular Hbond substituents is 1. The van der Waals surface area contributed by atoms with Gasteiger partial charge in [0.25, 0.3) is 12.2 Å². The lowest BCUT2D eigenvalue weighted by molar-refractivity contribution is -0.175. The zero-order chi connectivity index (χ0) is 28.4. The average Bonchev–Trinajstić information content (AvgIpc) is 2.89. The van der Waals surface area contributed by atoms with E-state index in [0.29, 0.717) is 22.9 Å². The number of aliphatic hydroxyl groups is 2. The Hall–Kier alpha value is -4.28. The second kappa shape index (κ2) is 11.2. The molecule has 3 unspecified atom stereocenters. The van der Waals surface area contributed by atoms with Crippen LogP contribution in [0.2, 0.25) is 0 Å². The fourth-order valence-electron chi connectivity index (χ4n) is 4.22. The average molecular weight is 538 g/mol. The lowest BCUT2D eigenvalue weighted by Gasteiger charge is -2.34. The number of anilines is 1. The number of phenols is 1. The number of hydrogen-bond acceptors (Lipinski definition) is 9. The second-order valence-electron chi connectivity index (χ2n) is 9.50. The number of carbonyl (C=O) groups is 1. The number of aryl methyl sites for hydroxylation is 1. The molecule has 3 aromatic rings. The Bertz CT molecular complexity index is 1530. The highest BCUT2D eigenvalue weighted by molar-refractivity contribution is 6.05. The van der Waals surface area contributed by atoms with Crippen molar-refractivity contribution in [1.29, 1.82) is 0 Å². The molecule has 1 aliphatic heterocycles. The number of hydrogen-bond donors (Lipinski definition) is 4. The molecule has 2 aromatic carbocycles. The Morgan fingerprint density at radius 3 is 2.56 bits per heavy atom. The van der Waals surface area contributed by atoms with Crippen molar-refractivity contribution in [2.75, 3.05) is 12.4 Å². The first kappa shape index (κ1) is 27.7. The first-order chi connectivity index (χ1) is 18.5. The molecule has 0 bridgehead atoms. The van der Waals surface area contributed by atoms with Crippen LogP contribution in [0.15, 0.2) is 68.8 Å². The third-order valence-corrected chi connectivity index (χ3v) is 6.40. The SMILES string of the molecule is COC1=C(C)OC(Oc2ccc3cc(NC(=O)c4ccc(O)c(CC=C(C)C)c4)c(=O)oc3c2C)C(O)C1O. The van der Waals surface area contributed by atoms with Crippen molar-refractivity contribution in [3.63, 3.8) is 0 Å². The maximum absolute atomic E-state index is 12.9. The number of carbonyl (C=O) groups excluding carboxylic acids is 1. The molecule has 0 radical (unpaired) electrons. The van der Waals surface area contributed by atoms with Gasteiger partial charge in [-0.25, -0.2) is 4.79 Å². The minimum atomic E-state index is -1.43. The summed E-state index contributed by atoms with van der Waals surface area (Å²) in [5, 5.41) is 33.9. The molecule has 39 heavy (non-hydrogen) atoms. The number of methoxy groups -OCH3 is 1. The van der Waals surface area contributed by atoms with Crippen LogP contribution in [0.25, 0.3) is 11.0 Å². The number of allylic oxidation sites excluding steroid dienone is 3. The van der Waals surface area contributed by atoms with E-state index in [1.165, 1.54) is 25.3 Å². The van der Waals surface area contributed by atoms with Gasteiger partial charge in [0.1, 0.15) is 34.6 Å². The Morgan fingerprint density at radius 2 is 1.87 bits per heavy atom. The summed E-state index contributed by atoms with van der Waals surface area (Å²) in [7, 11) is 1.36. The van der Waals surface area contributed by atoms with Crippen LogP contribution in [0.5, 0.6) is 11.5 Å². The Kier molecular flexibility index (Phi) is 7.98. The zero-order valence-electron chi connectivity index (χ0n) is 22.3. The number of amides is 1. The van der Waals surface area contributed by atoms with Gasteiger partial charge in [0.05, 0.1) is 7.11 Å².